The van der Waals surface area contributed by atoms with Gasteiger partial charge in [0.05, 0.1) is 0 Å². The van der Waals surface area contributed by atoms with E-state index in [-0.39, 0.29) is 0 Å². The standard InChI is InChI=1S/C13H16N2/c14-8-4-3-6-12-10-15-9-11-5-1-2-7-13(11)12/h1-2,5,7,9-10H,3-4,6,8,14H2. The van der Waals surface area contributed by atoms with Gasteiger partial charge in [0, 0.05) is 17.8 Å². The molecule has 0 radical (unpaired) electrons. The van der Waals surface area contributed by atoms with Crippen molar-refractivity contribution in [3.63, 3.8) is 0 Å². The van der Waals surface area contributed by atoms with Crippen molar-refractivity contribution in [2.45, 2.75) is 19.3 Å². The summed E-state index contributed by atoms with van der Waals surface area (Å²) in [5, 5.41) is 2.55. The Labute approximate surface area is 90.1 Å². The SMILES string of the molecule is NCCCCc1cncc2ccccc12. The van der Waals surface area contributed by atoms with E-state index in [4.69, 9.17) is 5.73 Å². The van der Waals surface area contributed by atoms with Crippen molar-refractivity contribution in [2.75, 3.05) is 6.54 Å². The van der Waals surface area contributed by atoms with Gasteiger partial charge in [0.2, 0.25) is 0 Å². The first kappa shape index (κ1) is 10.1. The van der Waals surface area contributed by atoms with E-state index in [1.807, 2.05) is 18.5 Å². The minimum atomic E-state index is 0.776. The van der Waals surface area contributed by atoms with Crippen LogP contribution in [0.4, 0.5) is 0 Å². The molecule has 2 aromatic rings. The Kier molecular flexibility index (Phi) is 3.30. The molecule has 0 bridgehead atoms. The molecule has 78 valence electrons. The van der Waals surface area contributed by atoms with Crippen LogP contribution in [-0.2, 0) is 6.42 Å². The number of aromatic nitrogens is 1. The van der Waals surface area contributed by atoms with Gasteiger partial charge in [0.15, 0.2) is 0 Å². The molecule has 2 N–H and O–H groups in total. The van der Waals surface area contributed by atoms with Gasteiger partial charge in [0.25, 0.3) is 0 Å². The highest BCUT2D eigenvalue weighted by molar-refractivity contribution is 5.84. The topological polar surface area (TPSA) is 38.9 Å². The van der Waals surface area contributed by atoms with Gasteiger partial charge >= 0.3 is 0 Å². The molecule has 1 aromatic carbocycles. The zero-order valence-corrected chi connectivity index (χ0v) is 8.82. The maximum Gasteiger partial charge on any atom is 0.0346 e. The lowest BCUT2D eigenvalue weighted by Gasteiger charge is -2.04. The largest absolute Gasteiger partial charge is 0.330 e. The highest BCUT2D eigenvalue weighted by Gasteiger charge is 2.00. The maximum absolute atomic E-state index is 5.49. The molecule has 0 spiro atoms. The van der Waals surface area contributed by atoms with Crippen molar-refractivity contribution in [1.29, 1.82) is 0 Å². The molecule has 0 aliphatic heterocycles. The highest BCUT2D eigenvalue weighted by atomic mass is 14.6. The van der Waals surface area contributed by atoms with Crippen LogP contribution in [0.15, 0.2) is 36.7 Å². The molecule has 1 aromatic heterocycles. The van der Waals surface area contributed by atoms with Crippen molar-refractivity contribution < 1.29 is 0 Å². The first-order valence-corrected chi connectivity index (χ1v) is 5.43. The zero-order chi connectivity index (χ0) is 10.5. The van der Waals surface area contributed by atoms with Crippen LogP contribution >= 0.6 is 0 Å². The number of aryl methyl sites for hydroxylation is 1. The molecule has 1 heterocycles. The Morgan fingerprint density at radius 3 is 2.80 bits per heavy atom. The van der Waals surface area contributed by atoms with Gasteiger partial charge in [-0.2, -0.15) is 0 Å². The summed E-state index contributed by atoms with van der Waals surface area (Å²) >= 11 is 0. The molecular weight excluding hydrogens is 184 g/mol. The zero-order valence-electron chi connectivity index (χ0n) is 8.82. The Morgan fingerprint density at radius 1 is 1.07 bits per heavy atom. The minimum Gasteiger partial charge on any atom is -0.330 e. The second-order valence-electron chi connectivity index (χ2n) is 3.77. The molecule has 0 unspecified atom stereocenters. The summed E-state index contributed by atoms with van der Waals surface area (Å²) in [5.41, 5.74) is 6.82. The molecule has 0 aliphatic carbocycles. The average Bonchev–Trinajstić information content (AvgIpc) is 2.30. The number of nitrogens with two attached hydrogens (primary N) is 1. The van der Waals surface area contributed by atoms with Crippen molar-refractivity contribution in [3.8, 4) is 0 Å². The van der Waals surface area contributed by atoms with E-state index < -0.39 is 0 Å². The van der Waals surface area contributed by atoms with E-state index in [1.165, 1.54) is 16.3 Å². The molecule has 2 rings (SSSR count). The van der Waals surface area contributed by atoms with Crippen LogP contribution in [0.1, 0.15) is 18.4 Å². The van der Waals surface area contributed by atoms with Gasteiger partial charge in [-0.3, -0.25) is 4.98 Å². The van der Waals surface area contributed by atoms with Crippen LogP contribution in [0.3, 0.4) is 0 Å². The van der Waals surface area contributed by atoms with Gasteiger partial charge in [-0.15, -0.1) is 0 Å². The lowest BCUT2D eigenvalue weighted by molar-refractivity contribution is 0.746. The van der Waals surface area contributed by atoms with E-state index in [9.17, 15) is 0 Å². The molecule has 0 aliphatic rings. The predicted octanol–water partition coefficient (Wildman–Crippen LogP) is 2.52. The van der Waals surface area contributed by atoms with E-state index in [0.717, 1.165) is 25.8 Å². The molecule has 15 heavy (non-hydrogen) atoms. The Hall–Kier alpha value is -1.41. The molecular formula is C13H16N2. The highest BCUT2D eigenvalue weighted by Crippen LogP contribution is 2.18. The van der Waals surface area contributed by atoms with E-state index >= 15 is 0 Å². The number of hydrogen-bond acceptors (Lipinski definition) is 2. The van der Waals surface area contributed by atoms with Gasteiger partial charge < -0.3 is 5.73 Å². The van der Waals surface area contributed by atoms with Gasteiger partial charge in [-0.05, 0) is 36.8 Å². The molecule has 2 nitrogen and oxygen atoms in total. The van der Waals surface area contributed by atoms with Crippen molar-refractivity contribution in [1.82, 2.24) is 4.98 Å². The average molecular weight is 200 g/mol. The summed E-state index contributed by atoms with van der Waals surface area (Å²) in [5.74, 6) is 0. The van der Waals surface area contributed by atoms with Crippen molar-refractivity contribution in [3.05, 3.63) is 42.2 Å². The maximum atomic E-state index is 5.49. The van der Waals surface area contributed by atoms with Crippen LogP contribution in [-0.4, -0.2) is 11.5 Å². The third-order valence-electron chi connectivity index (χ3n) is 2.65. The lowest BCUT2D eigenvalue weighted by atomic mass is 10.0. The van der Waals surface area contributed by atoms with Crippen LogP contribution < -0.4 is 5.73 Å². The smallest absolute Gasteiger partial charge is 0.0346 e. The number of hydrogen-bond donors (Lipinski definition) is 1. The summed E-state index contributed by atoms with van der Waals surface area (Å²) in [4.78, 5) is 4.26. The Bertz CT molecular complexity index is 432. The fourth-order valence-electron chi connectivity index (χ4n) is 1.84. The van der Waals surface area contributed by atoms with Crippen molar-refractivity contribution >= 4 is 10.8 Å². The number of pyridine rings is 1. The van der Waals surface area contributed by atoms with E-state index in [1.54, 1.807) is 0 Å². The van der Waals surface area contributed by atoms with Crippen LogP contribution in [0.5, 0.6) is 0 Å². The Balaban J connectivity index is 2.26. The van der Waals surface area contributed by atoms with Gasteiger partial charge in [-0.25, -0.2) is 0 Å². The second-order valence-corrected chi connectivity index (χ2v) is 3.77. The van der Waals surface area contributed by atoms with Crippen LogP contribution in [0, 0.1) is 0 Å². The van der Waals surface area contributed by atoms with E-state index in [2.05, 4.69) is 23.2 Å². The molecule has 0 amide bonds. The van der Waals surface area contributed by atoms with Gasteiger partial charge in [0.1, 0.15) is 0 Å². The number of nitrogens with zero attached hydrogens (tertiary/aromatic N) is 1. The number of unbranched alkanes of at least 4 members (excludes halogenated alkanes) is 1. The third-order valence-corrected chi connectivity index (χ3v) is 2.65. The summed E-state index contributed by atoms with van der Waals surface area (Å²) in [6.07, 6.45) is 7.20. The minimum absolute atomic E-state index is 0.776. The fourth-order valence-corrected chi connectivity index (χ4v) is 1.84. The monoisotopic (exact) mass is 200 g/mol. The second kappa shape index (κ2) is 4.89. The molecule has 0 atom stereocenters. The molecule has 2 heteroatoms. The number of rotatable bonds is 4. The first-order valence-electron chi connectivity index (χ1n) is 5.43. The summed E-state index contributed by atoms with van der Waals surface area (Å²) in [6, 6.07) is 8.39. The summed E-state index contributed by atoms with van der Waals surface area (Å²) < 4.78 is 0. The molecule has 0 saturated heterocycles. The van der Waals surface area contributed by atoms with Crippen molar-refractivity contribution in [2.24, 2.45) is 5.73 Å². The Morgan fingerprint density at radius 2 is 1.93 bits per heavy atom. The lowest BCUT2D eigenvalue weighted by Crippen LogP contribution is -1.99. The summed E-state index contributed by atoms with van der Waals surface area (Å²) in [7, 11) is 0. The number of fused-ring (bicyclic) bond motifs is 1. The fraction of sp³-hybridized carbons (Fsp3) is 0.308. The first-order chi connectivity index (χ1) is 7.42. The normalized spacial score (nSPS) is 10.7. The predicted molar refractivity (Wildman–Crippen MR) is 63.7 cm³/mol. The van der Waals surface area contributed by atoms with Crippen LogP contribution in [0.2, 0.25) is 0 Å². The molecule has 0 saturated carbocycles. The summed E-state index contributed by atoms with van der Waals surface area (Å²) in [6.45, 7) is 0.776. The number of benzene rings is 1. The quantitative estimate of drug-likeness (QED) is 0.770. The van der Waals surface area contributed by atoms with Crippen LogP contribution in [0.25, 0.3) is 10.8 Å². The van der Waals surface area contributed by atoms with Gasteiger partial charge in [-0.1, -0.05) is 24.3 Å². The van der Waals surface area contributed by atoms with E-state index in [0.29, 0.717) is 0 Å². The third kappa shape index (κ3) is 2.34. The molecule has 0 fully saturated rings.